The van der Waals surface area contributed by atoms with E-state index in [1.54, 1.807) is 6.07 Å². The number of hydrogen-bond donors (Lipinski definition) is 1. The summed E-state index contributed by atoms with van der Waals surface area (Å²) in [6.45, 7) is 1.43. The minimum Gasteiger partial charge on any atom is -0.466 e. The van der Waals surface area contributed by atoms with Crippen LogP contribution in [-0.2, 0) is 14.3 Å². The second-order valence-corrected chi connectivity index (χ2v) is 7.23. The Balaban J connectivity index is 1.66. The molecule has 0 radical (unpaired) electrons. The van der Waals surface area contributed by atoms with E-state index in [0.29, 0.717) is 36.5 Å². The molecule has 29 heavy (non-hydrogen) atoms. The summed E-state index contributed by atoms with van der Waals surface area (Å²) in [6, 6.07) is 12.0. The maximum absolute atomic E-state index is 14.3. The zero-order valence-corrected chi connectivity index (χ0v) is 16.8. The number of nitrogens with zero attached hydrogens (tertiary/aromatic N) is 1. The lowest BCUT2D eigenvalue weighted by Gasteiger charge is -2.33. The molecule has 0 aliphatic carbocycles. The number of esters is 1. The summed E-state index contributed by atoms with van der Waals surface area (Å²) in [7, 11) is 1.26. The molecule has 0 saturated carbocycles. The first-order chi connectivity index (χ1) is 14.0. The van der Waals surface area contributed by atoms with Gasteiger partial charge in [-0.25, -0.2) is 9.18 Å². The Kier molecular flexibility index (Phi) is 6.88. The highest BCUT2D eigenvalue weighted by molar-refractivity contribution is 6.30. The van der Waals surface area contributed by atoms with E-state index in [4.69, 9.17) is 11.6 Å². The number of anilines is 2. The SMILES string of the molecule is COC(=O)C=Cc1cccc(F)c1NC(=O)C1CCN(c2cccc(Cl)c2)CC1. The predicted octanol–water partition coefficient (Wildman–Crippen LogP) is 4.52. The van der Waals surface area contributed by atoms with Gasteiger partial charge in [-0.2, -0.15) is 0 Å². The smallest absolute Gasteiger partial charge is 0.330 e. The highest BCUT2D eigenvalue weighted by Crippen LogP contribution is 2.28. The second kappa shape index (κ2) is 9.56. The lowest BCUT2D eigenvalue weighted by molar-refractivity contribution is -0.134. The van der Waals surface area contributed by atoms with Crippen molar-refractivity contribution in [3.8, 4) is 0 Å². The van der Waals surface area contributed by atoms with Gasteiger partial charge in [0.15, 0.2) is 0 Å². The van der Waals surface area contributed by atoms with E-state index < -0.39 is 11.8 Å². The van der Waals surface area contributed by atoms with Crippen molar-refractivity contribution >= 4 is 40.9 Å². The van der Waals surface area contributed by atoms with Crippen molar-refractivity contribution in [3.63, 3.8) is 0 Å². The van der Waals surface area contributed by atoms with Crippen LogP contribution in [0.2, 0.25) is 5.02 Å². The quantitative estimate of drug-likeness (QED) is 0.575. The van der Waals surface area contributed by atoms with E-state index in [0.717, 1.165) is 5.69 Å². The van der Waals surface area contributed by atoms with E-state index in [9.17, 15) is 14.0 Å². The maximum Gasteiger partial charge on any atom is 0.330 e. The number of benzene rings is 2. The Bertz CT molecular complexity index is 924. The lowest BCUT2D eigenvalue weighted by atomic mass is 9.95. The highest BCUT2D eigenvalue weighted by atomic mass is 35.5. The third-order valence-corrected chi connectivity index (χ3v) is 5.17. The van der Waals surface area contributed by atoms with Gasteiger partial charge >= 0.3 is 5.97 Å². The number of carbonyl (C=O) groups is 2. The third-order valence-electron chi connectivity index (χ3n) is 4.93. The van der Waals surface area contributed by atoms with Gasteiger partial charge in [0.05, 0.1) is 12.8 Å². The number of piperidine rings is 1. The van der Waals surface area contributed by atoms with Crippen LogP contribution in [0.4, 0.5) is 15.8 Å². The molecule has 2 aromatic rings. The molecule has 0 atom stereocenters. The molecule has 0 spiro atoms. The molecule has 0 bridgehead atoms. The van der Waals surface area contributed by atoms with Gasteiger partial charge in [0.2, 0.25) is 5.91 Å². The van der Waals surface area contributed by atoms with E-state index in [2.05, 4.69) is 15.0 Å². The molecule has 5 nitrogen and oxygen atoms in total. The van der Waals surface area contributed by atoms with E-state index >= 15 is 0 Å². The van der Waals surface area contributed by atoms with Crippen molar-refractivity contribution in [2.24, 2.45) is 5.92 Å². The Morgan fingerprint density at radius 3 is 2.62 bits per heavy atom. The van der Waals surface area contributed by atoms with Crippen LogP contribution in [0, 0.1) is 11.7 Å². The molecule has 0 aromatic heterocycles. The molecule has 7 heteroatoms. The maximum atomic E-state index is 14.3. The minimum absolute atomic E-state index is 0.0647. The van der Waals surface area contributed by atoms with Crippen LogP contribution in [0.15, 0.2) is 48.5 Å². The Morgan fingerprint density at radius 2 is 1.93 bits per heavy atom. The van der Waals surface area contributed by atoms with Crippen molar-refractivity contribution in [2.75, 3.05) is 30.4 Å². The molecule has 2 aromatic carbocycles. The van der Waals surface area contributed by atoms with Crippen molar-refractivity contribution in [3.05, 3.63) is 64.9 Å². The molecule has 1 heterocycles. The van der Waals surface area contributed by atoms with Gasteiger partial charge < -0.3 is 15.0 Å². The Labute approximate surface area is 174 Å². The normalized spacial score (nSPS) is 14.8. The number of hydrogen-bond acceptors (Lipinski definition) is 4. The number of ether oxygens (including phenoxy) is 1. The highest BCUT2D eigenvalue weighted by Gasteiger charge is 2.26. The molecule has 1 saturated heterocycles. The monoisotopic (exact) mass is 416 g/mol. The summed E-state index contributed by atoms with van der Waals surface area (Å²) in [5, 5.41) is 3.37. The number of carbonyl (C=O) groups excluding carboxylic acids is 2. The minimum atomic E-state index is -0.556. The molecule has 1 fully saturated rings. The number of halogens is 2. The van der Waals surface area contributed by atoms with Gasteiger partial charge in [-0.15, -0.1) is 0 Å². The second-order valence-electron chi connectivity index (χ2n) is 6.79. The molecular weight excluding hydrogens is 395 g/mol. The molecule has 1 aliphatic heterocycles. The van der Waals surface area contributed by atoms with Crippen molar-refractivity contribution in [1.82, 2.24) is 0 Å². The summed E-state index contributed by atoms with van der Waals surface area (Å²) in [5.74, 6) is -1.56. The lowest BCUT2D eigenvalue weighted by Crippen LogP contribution is -2.38. The first-order valence-corrected chi connectivity index (χ1v) is 9.71. The van der Waals surface area contributed by atoms with E-state index in [1.807, 2.05) is 24.3 Å². The standard InChI is InChI=1S/C22H22ClFN2O3/c1-29-20(27)9-8-15-4-2-7-19(24)21(15)25-22(28)16-10-12-26(13-11-16)18-6-3-5-17(23)14-18/h2-9,14,16H,10-13H2,1H3,(H,25,28). The van der Waals surface area contributed by atoms with Crippen LogP contribution >= 0.6 is 11.6 Å². The first kappa shape index (κ1) is 20.9. The average Bonchev–Trinajstić information content (AvgIpc) is 2.74. The van der Waals surface area contributed by atoms with Crippen LogP contribution in [0.1, 0.15) is 18.4 Å². The molecule has 1 N–H and O–H groups in total. The summed E-state index contributed by atoms with van der Waals surface area (Å²) in [4.78, 5) is 26.2. The van der Waals surface area contributed by atoms with Gasteiger partial charge in [0.25, 0.3) is 0 Å². The summed E-state index contributed by atoms with van der Waals surface area (Å²) < 4.78 is 18.9. The average molecular weight is 417 g/mol. The predicted molar refractivity (Wildman–Crippen MR) is 112 cm³/mol. The van der Waals surface area contributed by atoms with Crippen LogP contribution < -0.4 is 10.2 Å². The molecule has 152 valence electrons. The summed E-state index contributed by atoms with van der Waals surface area (Å²) in [5.41, 5.74) is 1.50. The number of rotatable bonds is 5. The van der Waals surface area contributed by atoms with E-state index in [-0.39, 0.29) is 17.5 Å². The molecule has 1 aliphatic rings. The zero-order valence-electron chi connectivity index (χ0n) is 16.0. The summed E-state index contributed by atoms with van der Waals surface area (Å²) in [6.07, 6.45) is 3.92. The van der Waals surface area contributed by atoms with Crippen LogP contribution in [0.5, 0.6) is 0 Å². The fourth-order valence-electron chi connectivity index (χ4n) is 3.34. The Hall–Kier alpha value is -2.86. The van der Waals surface area contributed by atoms with Gasteiger partial charge in [-0.05, 0) is 43.2 Å². The van der Waals surface area contributed by atoms with Gasteiger partial charge in [-0.3, -0.25) is 4.79 Å². The van der Waals surface area contributed by atoms with Crippen LogP contribution in [-0.4, -0.2) is 32.1 Å². The first-order valence-electron chi connectivity index (χ1n) is 9.34. The van der Waals surface area contributed by atoms with Crippen molar-refractivity contribution < 1.29 is 18.7 Å². The van der Waals surface area contributed by atoms with Crippen molar-refractivity contribution in [1.29, 1.82) is 0 Å². The molecular formula is C22H22ClFN2O3. The van der Waals surface area contributed by atoms with E-state index in [1.165, 1.54) is 31.4 Å². The number of nitrogens with one attached hydrogen (secondary N) is 1. The van der Waals surface area contributed by atoms with Gasteiger partial charge in [-0.1, -0.05) is 29.8 Å². The number of methoxy groups -OCH3 is 1. The van der Waals surface area contributed by atoms with Crippen molar-refractivity contribution in [2.45, 2.75) is 12.8 Å². The van der Waals surface area contributed by atoms with Gasteiger partial charge in [0, 0.05) is 41.4 Å². The summed E-state index contributed by atoms with van der Waals surface area (Å²) >= 11 is 6.06. The molecule has 3 rings (SSSR count). The Morgan fingerprint density at radius 1 is 1.21 bits per heavy atom. The number of para-hydroxylation sites is 1. The van der Waals surface area contributed by atoms with Crippen LogP contribution in [0.25, 0.3) is 6.08 Å². The van der Waals surface area contributed by atoms with Crippen LogP contribution in [0.3, 0.4) is 0 Å². The molecule has 1 amide bonds. The van der Waals surface area contributed by atoms with Gasteiger partial charge in [0.1, 0.15) is 5.82 Å². The fraction of sp³-hybridized carbons (Fsp3) is 0.273. The largest absolute Gasteiger partial charge is 0.466 e. The third kappa shape index (κ3) is 5.35. The fourth-order valence-corrected chi connectivity index (χ4v) is 3.52. The zero-order chi connectivity index (χ0) is 20.8. The molecule has 0 unspecified atom stereocenters. The number of amides is 1. The topological polar surface area (TPSA) is 58.6 Å².